The molecule has 6 nitrogen and oxygen atoms in total. The molecule has 128 valence electrons. The standard InChI is InChI=1S/C17H24O6/c1-5-7-8-13(16(22)23)10-17(4,11(3)14(18)19)9-12(6-2)15(20)21/h9-10H,3,5-8H2,1-2,4H3,(H,18,19)(H,20,21)(H,22,23). The third-order valence-electron chi connectivity index (χ3n) is 3.59. The summed E-state index contributed by atoms with van der Waals surface area (Å²) >= 11 is 0. The molecule has 0 aromatic heterocycles. The number of rotatable bonds is 10. The van der Waals surface area contributed by atoms with E-state index in [0.29, 0.717) is 6.42 Å². The highest BCUT2D eigenvalue weighted by Crippen LogP contribution is 2.34. The van der Waals surface area contributed by atoms with E-state index in [1.54, 1.807) is 6.92 Å². The molecular weight excluding hydrogens is 300 g/mol. The molecular formula is C17H24O6. The van der Waals surface area contributed by atoms with Crippen LogP contribution in [-0.4, -0.2) is 33.2 Å². The van der Waals surface area contributed by atoms with E-state index in [4.69, 9.17) is 5.11 Å². The zero-order valence-corrected chi connectivity index (χ0v) is 13.8. The highest BCUT2D eigenvalue weighted by molar-refractivity contribution is 5.92. The van der Waals surface area contributed by atoms with Crippen molar-refractivity contribution < 1.29 is 29.7 Å². The molecule has 0 amide bonds. The summed E-state index contributed by atoms with van der Waals surface area (Å²) in [7, 11) is 0. The van der Waals surface area contributed by atoms with Crippen LogP contribution in [0.2, 0.25) is 0 Å². The lowest BCUT2D eigenvalue weighted by Crippen LogP contribution is -2.23. The Morgan fingerprint density at radius 3 is 1.78 bits per heavy atom. The number of unbranched alkanes of at least 4 members (excludes halogenated alkanes) is 1. The van der Waals surface area contributed by atoms with Gasteiger partial charge in [0.15, 0.2) is 0 Å². The van der Waals surface area contributed by atoms with Gasteiger partial charge in [-0.15, -0.1) is 0 Å². The Hall–Kier alpha value is -2.37. The fourth-order valence-corrected chi connectivity index (χ4v) is 2.09. The predicted molar refractivity (Wildman–Crippen MR) is 86.1 cm³/mol. The van der Waals surface area contributed by atoms with Gasteiger partial charge in [-0.3, -0.25) is 0 Å². The van der Waals surface area contributed by atoms with Crippen molar-refractivity contribution in [1.29, 1.82) is 0 Å². The number of carboxylic acid groups (broad SMARTS) is 3. The summed E-state index contributed by atoms with van der Waals surface area (Å²) in [5.41, 5.74) is -1.61. The first kappa shape index (κ1) is 20.6. The lowest BCUT2D eigenvalue weighted by atomic mass is 9.78. The first-order valence-electron chi connectivity index (χ1n) is 7.41. The summed E-state index contributed by atoms with van der Waals surface area (Å²) in [5.74, 6) is -3.62. The topological polar surface area (TPSA) is 112 Å². The minimum atomic E-state index is -1.39. The normalized spacial score (nSPS) is 14.9. The van der Waals surface area contributed by atoms with Gasteiger partial charge in [0, 0.05) is 22.1 Å². The van der Waals surface area contributed by atoms with Crippen molar-refractivity contribution in [3.05, 3.63) is 35.5 Å². The van der Waals surface area contributed by atoms with E-state index < -0.39 is 23.3 Å². The van der Waals surface area contributed by atoms with Crippen molar-refractivity contribution in [2.45, 2.75) is 46.5 Å². The highest BCUT2D eigenvalue weighted by Gasteiger charge is 2.30. The Labute approximate surface area is 135 Å². The first-order chi connectivity index (χ1) is 10.6. The van der Waals surface area contributed by atoms with Crippen molar-refractivity contribution in [2.75, 3.05) is 0 Å². The molecule has 3 N–H and O–H groups in total. The summed E-state index contributed by atoms with van der Waals surface area (Å²) < 4.78 is 0. The maximum Gasteiger partial charge on any atom is 0.332 e. The zero-order valence-electron chi connectivity index (χ0n) is 13.8. The SMILES string of the molecule is C=C(C(=O)O)C(C)(C=C(CC)C(=O)O)C=C(CCCC)C(=O)O. The second-order valence-corrected chi connectivity index (χ2v) is 5.47. The van der Waals surface area contributed by atoms with Gasteiger partial charge in [-0.05, 0) is 26.2 Å². The van der Waals surface area contributed by atoms with Crippen molar-refractivity contribution in [3.63, 3.8) is 0 Å². The number of allylic oxidation sites excluding steroid dienone is 2. The summed E-state index contributed by atoms with van der Waals surface area (Å²) in [6.45, 7) is 8.49. The monoisotopic (exact) mass is 324 g/mol. The van der Waals surface area contributed by atoms with E-state index in [-0.39, 0.29) is 29.6 Å². The Morgan fingerprint density at radius 1 is 0.957 bits per heavy atom. The quantitative estimate of drug-likeness (QED) is 0.532. The molecule has 6 heteroatoms. The molecule has 1 atom stereocenters. The molecule has 0 heterocycles. The highest BCUT2D eigenvalue weighted by atomic mass is 16.4. The molecule has 0 saturated carbocycles. The molecule has 0 spiro atoms. The van der Waals surface area contributed by atoms with E-state index in [0.717, 1.165) is 6.42 Å². The molecule has 0 bridgehead atoms. The van der Waals surface area contributed by atoms with Crippen LogP contribution >= 0.6 is 0 Å². The van der Waals surface area contributed by atoms with Gasteiger partial charge in [-0.2, -0.15) is 0 Å². The number of carboxylic acids is 3. The molecule has 23 heavy (non-hydrogen) atoms. The van der Waals surface area contributed by atoms with Crippen LogP contribution < -0.4 is 0 Å². The third-order valence-corrected chi connectivity index (χ3v) is 3.59. The Balaban J connectivity index is 6.14. The number of hydrogen-bond acceptors (Lipinski definition) is 3. The molecule has 0 saturated heterocycles. The number of carbonyl (C=O) groups is 3. The summed E-state index contributed by atoms with van der Waals surface area (Å²) in [5, 5.41) is 27.7. The summed E-state index contributed by atoms with van der Waals surface area (Å²) in [6.07, 6.45) is 4.43. The third kappa shape index (κ3) is 6.10. The van der Waals surface area contributed by atoms with Crippen molar-refractivity contribution >= 4 is 17.9 Å². The van der Waals surface area contributed by atoms with Gasteiger partial charge >= 0.3 is 17.9 Å². The molecule has 0 aromatic rings. The largest absolute Gasteiger partial charge is 0.478 e. The van der Waals surface area contributed by atoms with Crippen molar-refractivity contribution in [3.8, 4) is 0 Å². The van der Waals surface area contributed by atoms with Crippen LogP contribution in [0.1, 0.15) is 46.5 Å². The lowest BCUT2D eigenvalue weighted by Gasteiger charge is -2.24. The number of hydrogen-bond donors (Lipinski definition) is 3. The van der Waals surface area contributed by atoms with Gasteiger partial charge < -0.3 is 15.3 Å². The van der Waals surface area contributed by atoms with E-state index in [1.807, 2.05) is 6.92 Å². The predicted octanol–water partition coefficient (Wildman–Crippen LogP) is 3.26. The first-order valence-corrected chi connectivity index (χ1v) is 7.41. The van der Waals surface area contributed by atoms with E-state index in [9.17, 15) is 24.6 Å². The van der Waals surface area contributed by atoms with E-state index in [2.05, 4.69) is 6.58 Å². The minimum Gasteiger partial charge on any atom is -0.478 e. The fourth-order valence-electron chi connectivity index (χ4n) is 2.09. The lowest BCUT2D eigenvalue weighted by molar-refractivity contribution is -0.134. The molecule has 0 rings (SSSR count). The van der Waals surface area contributed by atoms with Gasteiger partial charge in [0.05, 0.1) is 0 Å². The summed E-state index contributed by atoms with van der Waals surface area (Å²) in [6, 6.07) is 0. The average molecular weight is 324 g/mol. The van der Waals surface area contributed by atoms with Gasteiger partial charge in [0.2, 0.25) is 0 Å². The zero-order chi connectivity index (χ0) is 18.2. The smallest absolute Gasteiger partial charge is 0.332 e. The molecule has 0 aromatic carbocycles. The van der Waals surface area contributed by atoms with Crippen LogP contribution in [0.4, 0.5) is 0 Å². The van der Waals surface area contributed by atoms with E-state index in [1.165, 1.54) is 19.1 Å². The molecule has 0 radical (unpaired) electrons. The van der Waals surface area contributed by atoms with Crippen molar-refractivity contribution in [2.24, 2.45) is 5.41 Å². The van der Waals surface area contributed by atoms with Gasteiger partial charge in [-0.1, -0.05) is 39.0 Å². The molecule has 0 aliphatic heterocycles. The minimum absolute atomic E-state index is 0.00591. The van der Waals surface area contributed by atoms with Crippen LogP contribution in [-0.2, 0) is 14.4 Å². The number of aliphatic carboxylic acids is 3. The maximum absolute atomic E-state index is 11.4. The maximum atomic E-state index is 11.4. The molecule has 0 aliphatic rings. The second-order valence-electron chi connectivity index (χ2n) is 5.47. The Bertz CT molecular complexity index is 555. The van der Waals surface area contributed by atoms with Gasteiger partial charge in [0.1, 0.15) is 0 Å². The average Bonchev–Trinajstić information content (AvgIpc) is 2.47. The van der Waals surface area contributed by atoms with Crippen LogP contribution in [0.3, 0.4) is 0 Å². The van der Waals surface area contributed by atoms with Crippen LogP contribution in [0, 0.1) is 5.41 Å². The molecule has 0 fully saturated rings. The fraction of sp³-hybridized carbons (Fsp3) is 0.471. The van der Waals surface area contributed by atoms with Crippen molar-refractivity contribution in [1.82, 2.24) is 0 Å². The van der Waals surface area contributed by atoms with Gasteiger partial charge in [-0.25, -0.2) is 14.4 Å². The molecule has 1 unspecified atom stereocenters. The Morgan fingerprint density at radius 2 is 1.43 bits per heavy atom. The van der Waals surface area contributed by atoms with E-state index >= 15 is 0 Å². The second kappa shape index (κ2) is 8.92. The van der Waals surface area contributed by atoms with Crippen LogP contribution in [0.25, 0.3) is 0 Å². The summed E-state index contributed by atoms with van der Waals surface area (Å²) in [4.78, 5) is 33.9. The van der Waals surface area contributed by atoms with Gasteiger partial charge in [0.25, 0.3) is 0 Å². The van der Waals surface area contributed by atoms with Crippen LogP contribution in [0.15, 0.2) is 35.5 Å². The molecule has 0 aliphatic carbocycles. The Kier molecular flexibility index (Phi) is 8.00. The van der Waals surface area contributed by atoms with Crippen LogP contribution in [0.5, 0.6) is 0 Å².